The van der Waals surface area contributed by atoms with E-state index < -0.39 is 53.0 Å². The number of hydrogen-bond acceptors (Lipinski definition) is 16. The van der Waals surface area contributed by atoms with Crippen molar-refractivity contribution >= 4 is 81.1 Å². The molecule has 0 radical (unpaired) electrons. The molecule has 2 aromatic carbocycles. The van der Waals surface area contributed by atoms with Gasteiger partial charge in [0.2, 0.25) is 11.8 Å². The van der Waals surface area contributed by atoms with Crippen molar-refractivity contribution < 1.29 is 36.5 Å². The summed E-state index contributed by atoms with van der Waals surface area (Å²) >= 11 is 6.09. The van der Waals surface area contributed by atoms with Crippen molar-refractivity contribution in [3.05, 3.63) is 170 Å². The molecule has 0 saturated carbocycles. The number of carbonyl (C=O) groups is 2. The third kappa shape index (κ3) is 14.1. The Morgan fingerprint density at radius 3 is 1.41 bits per heavy atom. The summed E-state index contributed by atoms with van der Waals surface area (Å²) < 4.78 is 73.6. The van der Waals surface area contributed by atoms with Gasteiger partial charge in [-0.05, 0) is 153 Å². The van der Waals surface area contributed by atoms with Gasteiger partial charge in [-0.15, -0.1) is 0 Å². The Kier molecular flexibility index (Phi) is 22.5. The number of piperazine rings is 2. The molecular formula is C70H86BClF4N14O6. The molecule has 2 amide bonds. The van der Waals surface area contributed by atoms with Crippen LogP contribution in [0.1, 0.15) is 132 Å². The number of nitrogens with zero attached hydrogens (tertiary/aromatic N) is 12. The van der Waals surface area contributed by atoms with Crippen LogP contribution in [0.4, 0.5) is 40.6 Å². The van der Waals surface area contributed by atoms with Crippen LogP contribution in [0.3, 0.4) is 0 Å². The maximum atomic E-state index is 15.9. The Balaban J connectivity index is 0.000000217. The van der Waals surface area contributed by atoms with Crippen molar-refractivity contribution in [2.45, 2.75) is 159 Å². The first-order valence-electron chi connectivity index (χ1n) is 30.9. The second kappa shape index (κ2) is 29.1. The zero-order valence-electron chi connectivity index (χ0n) is 55.2. The summed E-state index contributed by atoms with van der Waals surface area (Å²) in [5.74, 6) is -2.55. The van der Waals surface area contributed by atoms with E-state index in [0.717, 1.165) is 11.1 Å². The first-order valence-corrected chi connectivity index (χ1v) is 31.3. The Bertz CT molecular complexity index is 4350. The van der Waals surface area contributed by atoms with Gasteiger partial charge < -0.3 is 40.4 Å². The van der Waals surface area contributed by atoms with Crippen molar-refractivity contribution in [2.24, 2.45) is 0 Å². The van der Waals surface area contributed by atoms with Crippen LogP contribution in [0, 0.1) is 37.1 Å². The van der Waals surface area contributed by atoms with E-state index in [0.29, 0.717) is 65.8 Å². The average molecular weight is 1340 g/mol. The smallest absolute Gasteiger partial charge is 0.399 e. The monoisotopic (exact) mass is 1340 g/mol. The van der Waals surface area contributed by atoms with Crippen LogP contribution in [0.15, 0.2) is 108 Å². The number of halogens is 5. The van der Waals surface area contributed by atoms with E-state index in [1.165, 1.54) is 57.7 Å². The molecule has 0 unspecified atom stereocenters. The molecular weight excluding hydrogens is 1260 g/mol. The fourth-order valence-corrected chi connectivity index (χ4v) is 12.6. The van der Waals surface area contributed by atoms with Gasteiger partial charge in [-0.25, -0.2) is 46.3 Å². The lowest BCUT2D eigenvalue weighted by atomic mass is 9.77. The fourth-order valence-electron chi connectivity index (χ4n) is 12.4. The van der Waals surface area contributed by atoms with Crippen molar-refractivity contribution in [2.75, 3.05) is 47.4 Å². The van der Waals surface area contributed by atoms with Gasteiger partial charge in [-0.3, -0.25) is 19.6 Å². The number of fused-ring (bicyclic) bond motifs is 2. The molecule has 20 nitrogen and oxygen atoms in total. The Labute approximate surface area is 563 Å². The first kappa shape index (κ1) is 74.3. The Hall–Kier alpha value is -9.07. The van der Waals surface area contributed by atoms with Crippen LogP contribution in [0.2, 0.25) is 5.15 Å². The van der Waals surface area contributed by atoms with Gasteiger partial charge in [0.25, 0.3) is 0 Å². The number of rotatable bonds is 10. The summed E-state index contributed by atoms with van der Waals surface area (Å²) in [7, 11) is -0.749. The highest BCUT2D eigenvalue weighted by atomic mass is 35.5. The SMILES string of the molecule is C.C.C=CC(=O)N1[C@H](C)CN(c2nc(=O)n(-c3c(C)ccnc3C(C)C)c3nc(-c4c(N)cccc4F)c(F)cc23)C[C@@H]1C.C=CC(=O)N1[C@H](C)CN(c2nc(=O)n(-c3c(C)ccnc3C(C)C)c3nc(Cl)c(F)cc23)C[C@@H]1C.CC1(C)OB(c2c(N)cccc2F)OC1(C)C. The summed E-state index contributed by atoms with van der Waals surface area (Å²) in [6.45, 7) is 35.5. The van der Waals surface area contributed by atoms with Gasteiger partial charge >= 0.3 is 18.5 Å². The molecule has 3 fully saturated rings. The number of anilines is 4. The molecule has 0 aliphatic carbocycles. The summed E-state index contributed by atoms with van der Waals surface area (Å²) in [6, 6.07) is 13.8. The molecule has 9 heterocycles. The molecule has 4 N–H and O–H groups in total. The fraction of sp³-hybridized carbons (Fsp3) is 0.400. The lowest BCUT2D eigenvalue weighted by molar-refractivity contribution is -0.131. The number of pyridine rings is 4. The molecule has 3 aliphatic heterocycles. The Morgan fingerprint density at radius 2 is 1.01 bits per heavy atom. The lowest BCUT2D eigenvalue weighted by Crippen LogP contribution is -2.58. The average Bonchev–Trinajstić information content (AvgIpc) is 0.916. The number of amides is 2. The van der Waals surface area contributed by atoms with E-state index in [1.807, 2.05) is 107 Å². The molecule has 6 aromatic heterocycles. The zero-order valence-corrected chi connectivity index (χ0v) is 56.0. The minimum atomic E-state index is -0.818. The highest BCUT2D eigenvalue weighted by Crippen LogP contribution is 2.39. The molecule has 4 atom stereocenters. The van der Waals surface area contributed by atoms with Gasteiger partial charge in [-0.2, -0.15) is 9.97 Å². The topological polar surface area (TPSA) is 239 Å². The molecule has 8 aromatic rings. The minimum Gasteiger partial charge on any atom is -0.399 e. The van der Waals surface area contributed by atoms with Gasteiger partial charge in [0.1, 0.15) is 29.0 Å². The minimum absolute atomic E-state index is 0. The lowest BCUT2D eigenvalue weighted by Gasteiger charge is -2.44. The molecule has 11 rings (SSSR count). The third-order valence-electron chi connectivity index (χ3n) is 17.6. The maximum Gasteiger partial charge on any atom is 0.499 e. The van der Waals surface area contributed by atoms with E-state index in [1.54, 1.807) is 46.5 Å². The van der Waals surface area contributed by atoms with E-state index in [2.05, 4.69) is 43.1 Å². The van der Waals surface area contributed by atoms with E-state index in [9.17, 15) is 28.0 Å². The predicted octanol–water partition coefficient (Wildman–Crippen LogP) is 11.7. The van der Waals surface area contributed by atoms with Crippen LogP contribution >= 0.6 is 11.6 Å². The number of nitrogen functional groups attached to an aromatic ring is 2. The van der Waals surface area contributed by atoms with Crippen molar-refractivity contribution in [3.8, 4) is 22.6 Å². The number of aryl methyl sites for hydroxylation is 2. The number of nitrogens with two attached hydrogens (primary N) is 2. The zero-order chi connectivity index (χ0) is 68.9. The Morgan fingerprint density at radius 1 is 0.615 bits per heavy atom. The van der Waals surface area contributed by atoms with E-state index in [4.69, 9.17) is 32.4 Å². The maximum absolute atomic E-state index is 15.9. The molecule has 3 saturated heterocycles. The molecule has 3 aliphatic rings. The van der Waals surface area contributed by atoms with Crippen LogP contribution in [0.25, 0.3) is 44.7 Å². The normalized spacial score (nSPS) is 18.1. The molecule has 96 heavy (non-hydrogen) atoms. The van der Waals surface area contributed by atoms with Crippen molar-refractivity contribution in [1.82, 2.24) is 48.8 Å². The number of carbonyl (C=O) groups excluding carboxylic acids is 2. The summed E-state index contributed by atoms with van der Waals surface area (Å²) in [4.78, 5) is 86.3. The molecule has 26 heteroatoms. The van der Waals surface area contributed by atoms with Gasteiger partial charge in [0, 0.05) is 79.6 Å². The number of hydrogen-bond donors (Lipinski definition) is 2. The standard InChI is InChI=1S/C31H33F2N7O2.C25H28ClFN6O2.C12H17BFNO2.2CH4/c1-7-24(41)39-18(5)14-38(15-19(39)6)29-20-13-22(33)27(25-21(32)9-8-10-23(25)34)36-30(20)40(31(42)37-29)28-17(4)11-12-35-26(28)16(2)3;1-7-19(34)32-15(5)11-31(12-16(32)6)23-17-10-18(27)22(26)29-24(17)33(25(35)30-23)21-14(4)8-9-28-20(21)13(2)3;1-11(2)12(3,4)17-13(16-11)10-8(14)6-5-7-9(10)15;;/h7-13,16,18-19H,1,14-15,34H2,2-6H3;7-10,13,15-16H,1,11-12H2,2-6H3;5-7H,15H2,1-4H3;2*1H4/t18-,19+;15-,16+;;;. The molecule has 0 spiro atoms. The quantitative estimate of drug-likeness (QED) is 0.0425. The first-order chi connectivity index (χ1) is 44.2. The highest BCUT2D eigenvalue weighted by molar-refractivity contribution is 6.64. The summed E-state index contributed by atoms with van der Waals surface area (Å²) in [6.07, 6.45) is 5.92. The van der Waals surface area contributed by atoms with Crippen LogP contribution in [-0.2, 0) is 18.9 Å². The van der Waals surface area contributed by atoms with Crippen LogP contribution in [0.5, 0.6) is 0 Å². The highest BCUT2D eigenvalue weighted by Gasteiger charge is 2.53. The van der Waals surface area contributed by atoms with Gasteiger partial charge in [0.15, 0.2) is 28.1 Å². The molecule has 0 bridgehead atoms. The van der Waals surface area contributed by atoms with Gasteiger partial charge in [0.05, 0.1) is 50.3 Å². The van der Waals surface area contributed by atoms with E-state index >= 15 is 8.78 Å². The largest absolute Gasteiger partial charge is 0.499 e. The van der Waals surface area contributed by atoms with E-state index in [-0.39, 0.29) is 113 Å². The number of benzene rings is 2. The summed E-state index contributed by atoms with van der Waals surface area (Å²) in [5.41, 5.74) is 14.0. The van der Waals surface area contributed by atoms with Crippen molar-refractivity contribution in [1.29, 1.82) is 0 Å². The number of aromatic nitrogens is 8. The molecule has 510 valence electrons. The second-order valence-electron chi connectivity index (χ2n) is 25.6. The predicted molar refractivity (Wildman–Crippen MR) is 375 cm³/mol. The summed E-state index contributed by atoms with van der Waals surface area (Å²) in [5, 5.41) is 0.276. The van der Waals surface area contributed by atoms with Crippen LogP contribution in [-0.4, -0.2) is 129 Å². The van der Waals surface area contributed by atoms with Gasteiger partial charge in [-0.1, -0.05) is 79.4 Å². The van der Waals surface area contributed by atoms with Crippen molar-refractivity contribution in [3.63, 3.8) is 0 Å². The third-order valence-corrected chi connectivity index (χ3v) is 17.8. The second-order valence-corrected chi connectivity index (χ2v) is 26.0. The van der Waals surface area contributed by atoms with Crippen LogP contribution < -0.4 is 38.1 Å².